The number of Topliss-reactive ketones (excluding diaryl/α,β-unsaturated/α-hetero) is 1. The zero-order valence-electron chi connectivity index (χ0n) is 9.61. The van der Waals surface area contributed by atoms with E-state index in [1.807, 2.05) is 19.1 Å². The predicted octanol–water partition coefficient (Wildman–Crippen LogP) is 2.57. The first kappa shape index (κ1) is 11.4. The molecule has 2 rings (SSSR count). The molecule has 0 aliphatic rings. The maximum absolute atomic E-state index is 11.4. The van der Waals surface area contributed by atoms with Crippen LogP contribution in [0.2, 0.25) is 0 Å². The molecule has 0 bridgehead atoms. The van der Waals surface area contributed by atoms with Crippen LogP contribution in [0.3, 0.4) is 0 Å². The van der Waals surface area contributed by atoms with Gasteiger partial charge in [-0.3, -0.25) is 9.59 Å². The second-order valence-corrected chi connectivity index (χ2v) is 3.99. The summed E-state index contributed by atoms with van der Waals surface area (Å²) in [6, 6.07) is 5.46. The standard InChI is InChI=1S/C13H12O4/c1-7-4-3-5-9-10(6-11(15)16)13(8(2)14)17-12(7)9/h3-5H,6H2,1-2H3,(H,15,16). The number of carbonyl (C=O) groups excluding carboxylic acids is 1. The Balaban J connectivity index is 2.75. The van der Waals surface area contributed by atoms with Gasteiger partial charge in [-0.2, -0.15) is 0 Å². The second-order valence-electron chi connectivity index (χ2n) is 3.99. The second kappa shape index (κ2) is 4.05. The molecule has 0 saturated carbocycles. The van der Waals surface area contributed by atoms with E-state index < -0.39 is 5.97 Å². The molecular formula is C13H12O4. The number of hydrogen-bond acceptors (Lipinski definition) is 3. The monoisotopic (exact) mass is 232 g/mol. The number of carboxylic acid groups (broad SMARTS) is 1. The fourth-order valence-corrected chi connectivity index (χ4v) is 1.92. The summed E-state index contributed by atoms with van der Waals surface area (Å²) in [6.45, 7) is 3.23. The highest BCUT2D eigenvalue weighted by Gasteiger charge is 2.20. The summed E-state index contributed by atoms with van der Waals surface area (Å²) >= 11 is 0. The Morgan fingerprint density at radius 1 is 1.35 bits per heavy atom. The van der Waals surface area contributed by atoms with Crippen molar-refractivity contribution < 1.29 is 19.1 Å². The molecule has 0 atom stereocenters. The van der Waals surface area contributed by atoms with Crippen LogP contribution in [0.1, 0.15) is 28.6 Å². The topological polar surface area (TPSA) is 67.5 Å². The van der Waals surface area contributed by atoms with Gasteiger partial charge in [-0.05, 0) is 12.5 Å². The molecule has 88 valence electrons. The van der Waals surface area contributed by atoms with E-state index in [9.17, 15) is 9.59 Å². The third-order valence-electron chi connectivity index (χ3n) is 2.66. The van der Waals surface area contributed by atoms with E-state index in [2.05, 4.69) is 0 Å². The van der Waals surface area contributed by atoms with Crippen LogP contribution < -0.4 is 0 Å². The summed E-state index contributed by atoms with van der Waals surface area (Å²) in [6.07, 6.45) is -0.203. The van der Waals surface area contributed by atoms with Gasteiger partial charge in [-0.15, -0.1) is 0 Å². The Kier molecular flexibility index (Phi) is 2.71. The van der Waals surface area contributed by atoms with Crippen LogP contribution in [-0.4, -0.2) is 16.9 Å². The van der Waals surface area contributed by atoms with Crippen molar-refractivity contribution in [3.8, 4) is 0 Å². The maximum atomic E-state index is 11.4. The molecule has 1 heterocycles. The lowest BCUT2D eigenvalue weighted by Crippen LogP contribution is -2.04. The first-order chi connectivity index (χ1) is 8.00. The molecule has 0 aliphatic heterocycles. The molecule has 0 unspecified atom stereocenters. The molecular weight excluding hydrogens is 220 g/mol. The smallest absolute Gasteiger partial charge is 0.307 e. The summed E-state index contributed by atoms with van der Waals surface area (Å²) in [5, 5.41) is 9.57. The molecule has 0 saturated heterocycles. The van der Waals surface area contributed by atoms with Gasteiger partial charge in [0.05, 0.1) is 6.42 Å². The van der Waals surface area contributed by atoms with Gasteiger partial charge in [0.25, 0.3) is 0 Å². The average Bonchev–Trinajstić information content (AvgIpc) is 2.58. The lowest BCUT2D eigenvalue weighted by Gasteiger charge is -1.96. The van der Waals surface area contributed by atoms with E-state index in [0.29, 0.717) is 16.5 Å². The Hall–Kier alpha value is -2.10. The number of rotatable bonds is 3. The summed E-state index contributed by atoms with van der Waals surface area (Å²) in [5.41, 5.74) is 1.94. The third kappa shape index (κ3) is 1.93. The molecule has 4 heteroatoms. The fraction of sp³-hybridized carbons (Fsp3) is 0.231. The van der Waals surface area contributed by atoms with Gasteiger partial charge in [0.1, 0.15) is 5.58 Å². The fourth-order valence-electron chi connectivity index (χ4n) is 1.92. The average molecular weight is 232 g/mol. The van der Waals surface area contributed by atoms with Gasteiger partial charge < -0.3 is 9.52 Å². The number of fused-ring (bicyclic) bond motifs is 1. The Labute approximate surface area is 97.8 Å². The van der Waals surface area contributed by atoms with Crippen molar-refractivity contribution in [2.75, 3.05) is 0 Å². The van der Waals surface area contributed by atoms with Crippen LogP contribution >= 0.6 is 0 Å². The third-order valence-corrected chi connectivity index (χ3v) is 2.66. The van der Waals surface area contributed by atoms with Gasteiger partial charge in [0.2, 0.25) is 0 Å². The van der Waals surface area contributed by atoms with Gasteiger partial charge >= 0.3 is 5.97 Å². The molecule has 0 spiro atoms. The zero-order valence-corrected chi connectivity index (χ0v) is 9.61. The molecule has 4 nitrogen and oxygen atoms in total. The van der Waals surface area contributed by atoms with Crippen LogP contribution in [0.4, 0.5) is 0 Å². The molecule has 0 fully saturated rings. The number of para-hydroxylation sites is 1. The summed E-state index contributed by atoms with van der Waals surface area (Å²) in [5.74, 6) is -1.08. The number of carbonyl (C=O) groups is 2. The number of hydrogen-bond donors (Lipinski definition) is 1. The van der Waals surface area contributed by atoms with E-state index in [-0.39, 0.29) is 18.0 Å². The highest BCUT2D eigenvalue weighted by molar-refractivity contribution is 6.01. The van der Waals surface area contributed by atoms with E-state index in [1.54, 1.807) is 6.07 Å². The minimum absolute atomic E-state index is 0.150. The van der Waals surface area contributed by atoms with E-state index in [1.165, 1.54) is 6.92 Å². The van der Waals surface area contributed by atoms with Crippen molar-refractivity contribution in [1.29, 1.82) is 0 Å². The number of carboxylic acids is 1. The van der Waals surface area contributed by atoms with Gasteiger partial charge in [0.15, 0.2) is 11.5 Å². The van der Waals surface area contributed by atoms with Gasteiger partial charge in [-0.1, -0.05) is 18.2 Å². The van der Waals surface area contributed by atoms with Crippen molar-refractivity contribution in [3.05, 3.63) is 35.1 Å². The van der Waals surface area contributed by atoms with Crippen LogP contribution in [0.5, 0.6) is 0 Å². The quantitative estimate of drug-likeness (QED) is 0.826. The molecule has 0 aliphatic carbocycles. The van der Waals surface area contributed by atoms with E-state index in [4.69, 9.17) is 9.52 Å². The highest BCUT2D eigenvalue weighted by Crippen LogP contribution is 2.29. The first-order valence-electron chi connectivity index (χ1n) is 5.24. The van der Waals surface area contributed by atoms with Crippen molar-refractivity contribution in [2.24, 2.45) is 0 Å². The first-order valence-corrected chi connectivity index (χ1v) is 5.24. The number of furan rings is 1. The van der Waals surface area contributed by atoms with Gasteiger partial charge in [-0.25, -0.2) is 0 Å². The van der Waals surface area contributed by atoms with E-state index in [0.717, 1.165) is 5.56 Å². The number of aliphatic carboxylic acids is 1. The largest absolute Gasteiger partial charge is 0.481 e. The maximum Gasteiger partial charge on any atom is 0.307 e. The van der Waals surface area contributed by atoms with Crippen LogP contribution in [0.15, 0.2) is 22.6 Å². The normalized spacial score (nSPS) is 10.7. The number of ketones is 1. The van der Waals surface area contributed by atoms with Crippen molar-refractivity contribution >= 4 is 22.7 Å². The lowest BCUT2D eigenvalue weighted by molar-refractivity contribution is -0.136. The summed E-state index contributed by atoms with van der Waals surface area (Å²) < 4.78 is 5.48. The zero-order chi connectivity index (χ0) is 12.6. The molecule has 1 aromatic carbocycles. The minimum atomic E-state index is -0.975. The summed E-state index contributed by atoms with van der Waals surface area (Å²) in [4.78, 5) is 22.3. The molecule has 17 heavy (non-hydrogen) atoms. The summed E-state index contributed by atoms with van der Waals surface area (Å²) in [7, 11) is 0. The van der Waals surface area contributed by atoms with Gasteiger partial charge in [0, 0.05) is 17.9 Å². The van der Waals surface area contributed by atoms with E-state index >= 15 is 0 Å². The van der Waals surface area contributed by atoms with Crippen LogP contribution in [0.25, 0.3) is 11.0 Å². The lowest BCUT2D eigenvalue weighted by atomic mass is 10.0. The Bertz CT molecular complexity index is 607. The number of aryl methyl sites for hydroxylation is 1. The molecule has 0 radical (unpaired) electrons. The van der Waals surface area contributed by atoms with Crippen LogP contribution in [-0.2, 0) is 11.2 Å². The Morgan fingerprint density at radius 3 is 2.65 bits per heavy atom. The molecule has 0 amide bonds. The number of benzene rings is 1. The van der Waals surface area contributed by atoms with Crippen molar-refractivity contribution in [3.63, 3.8) is 0 Å². The minimum Gasteiger partial charge on any atom is -0.481 e. The Morgan fingerprint density at radius 2 is 2.06 bits per heavy atom. The molecule has 1 aromatic heterocycles. The van der Waals surface area contributed by atoms with Crippen LogP contribution in [0, 0.1) is 6.92 Å². The molecule has 1 N–H and O–H groups in total. The molecule has 2 aromatic rings. The highest BCUT2D eigenvalue weighted by atomic mass is 16.4. The van der Waals surface area contributed by atoms with Crippen molar-refractivity contribution in [1.82, 2.24) is 0 Å². The predicted molar refractivity (Wildman–Crippen MR) is 62.3 cm³/mol. The SMILES string of the molecule is CC(=O)c1oc2c(C)cccc2c1CC(=O)O. The van der Waals surface area contributed by atoms with Crippen molar-refractivity contribution in [2.45, 2.75) is 20.3 Å².